The summed E-state index contributed by atoms with van der Waals surface area (Å²) in [4.78, 5) is 0. The zero-order chi connectivity index (χ0) is 17.6. The Balaban J connectivity index is 2.17. The molecule has 1 aromatic rings. The van der Waals surface area contributed by atoms with Gasteiger partial charge in [0, 0.05) is 0 Å². The number of allylic oxidation sites excluding steroid dienone is 5. The molecule has 1 aromatic carbocycles. The highest BCUT2D eigenvalue weighted by atomic mass is 16.5. The van der Waals surface area contributed by atoms with Crippen molar-refractivity contribution >= 4 is 7.85 Å². The second-order valence-electron chi connectivity index (χ2n) is 6.43. The minimum Gasteiger partial charge on any atom is -0.373 e. The second-order valence-corrected chi connectivity index (χ2v) is 6.43. The van der Waals surface area contributed by atoms with Crippen LogP contribution in [0, 0.1) is 0 Å². The highest BCUT2D eigenvalue weighted by molar-refractivity contribution is 6.10. The molecule has 0 aliphatic rings. The van der Waals surface area contributed by atoms with Crippen LogP contribution in [0.15, 0.2) is 65.3 Å². The van der Waals surface area contributed by atoms with Gasteiger partial charge < -0.3 is 4.74 Å². The first kappa shape index (κ1) is 20.5. The molecule has 1 rings (SSSR count). The van der Waals surface area contributed by atoms with Crippen molar-refractivity contribution in [3.8, 4) is 0 Å². The summed E-state index contributed by atoms with van der Waals surface area (Å²) >= 11 is 0. The van der Waals surface area contributed by atoms with Gasteiger partial charge in [0.05, 0.1) is 21.1 Å². The summed E-state index contributed by atoms with van der Waals surface area (Å²) in [5, 5.41) is 0. The number of rotatable bonds is 11. The Bertz CT molecular complexity index is 540. The van der Waals surface area contributed by atoms with Crippen LogP contribution < -0.4 is 0 Å². The van der Waals surface area contributed by atoms with E-state index in [4.69, 9.17) is 12.6 Å². The molecular formula is C22H31BO. The summed E-state index contributed by atoms with van der Waals surface area (Å²) in [7, 11) is 5.59. The van der Waals surface area contributed by atoms with Gasteiger partial charge in [-0.15, -0.1) is 0 Å². The molecule has 128 valence electrons. The summed E-state index contributed by atoms with van der Waals surface area (Å²) in [5.41, 5.74) is 5.35. The lowest BCUT2D eigenvalue weighted by Crippen LogP contribution is -1.93. The van der Waals surface area contributed by atoms with E-state index in [2.05, 4.69) is 51.1 Å². The molecule has 0 atom stereocenters. The van der Waals surface area contributed by atoms with Crippen LogP contribution in [0.2, 0.25) is 6.32 Å². The summed E-state index contributed by atoms with van der Waals surface area (Å²) in [6.07, 6.45) is 11.9. The molecule has 0 bridgehead atoms. The van der Waals surface area contributed by atoms with E-state index in [0.29, 0.717) is 19.5 Å². The van der Waals surface area contributed by atoms with Crippen LogP contribution in [0.25, 0.3) is 0 Å². The van der Waals surface area contributed by atoms with E-state index < -0.39 is 0 Å². The van der Waals surface area contributed by atoms with Gasteiger partial charge in [-0.3, -0.25) is 0 Å². The van der Waals surface area contributed by atoms with E-state index in [0.717, 1.165) is 25.7 Å². The Hall–Kier alpha value is -1.54. The molecule has 0 heterocycles. The van der Waals surface area contributed by atoms with Crippen molar-refractivity contribution in [3.63, 3.8) is 0 Å². The average molecular weight is 322 g/mol. The SMILES string of the molecule is [B]C/C(C)=C/CC/C(C)=C/CC/C(C)=C/COCc1ccccc1. The third-order valence-corrected chi connectivity index (χ3v) is 4.05. The van der Waals surface area contributed by atoms with Crippen molar-refractivity contribution < 1.29 is 4.74 Å². The molecule has 0 aliphatic heterocycles. The molecule has 0 fully saturated rings. The molecule has 0 N–H and O–H groups in total. The first-order valence-electron chi connectivity index (χ1n) is 8.90. The molecule has 24 heavy (non-hydrogen) atoms. The van der Waals surface area contributed by atoms with Crippen LogP contribution in [0.4, 0.5) is 0 Å². The molecule has 2 heteroatoms. The smallest absolute Gasteiger partial charge is 0.0721 e. The third kappa shape index (κ3) is 10.3. The fourth-order valence-corrected chi connectivity index (χ4v) is 2.33. The largest absolute Gasteiger partial charge is 0.373 e. The molecule has 0 aromatic heterocycles. The summed E-state index contributed by atoms with van der Waals surface area (Å²) < 4.78 is 5.70. The van der Waals surface area contributed by atoms with Crippen molar-refractivity contribution in [1.29, 1.82) is 0 Å². The maximum Gasteiger partial charge on any atom is 0.0721 e. The van der Waals surface area contributed by atoms with Gasteiger partial charge in [0.2, 0.25) is 0 Å². The van der Waals surface area contributed by atoms with Gasteiger partial charge in [-0.25, -0.2) is 0 Å². The zero-order valence-electron chi connectivity index (χ0n) is 15.6. The van der Waals surface area contributed by atoms with E-state index in [9.17, 15) is 0 Å². The van der Waals surface area contributed by atoms with Crippen LogP contribution in [-0.4, -0.2) is 14.5 Å². The topological polar surface area (TPSA) is 9.23 Å². The number of benzene rings is 1. The minimum atomic E-state index is 0.666. The Morgan fingerprint density at radius 1 is 0.875 bits per heavy atom. The first-order chi connectivity index (χ1) is 11.6. The highest BCUT2D eigenvalue weighted by Crippen LogP contribution is 2.12. The maximum absolute atomic E-state index is 5.70. The van der Waals surface area contributed by atoms with E-state index in [-0.39, 0.29) is 0 Å². The molecule has 0 spiro atoms. The minimum absolute atomic E-state index is 0.666. The third-order valence-electron chi connectivity index (χ3n) is 4.05. The Kier molecular flexibility index (Phi) is 11.0. The molecule has 0 saturated heterocycles. The van der Waals surface area contributed by atoms with Crippen LogP contribution in [0.5, 0.6) is 0 Å². The molecule has 1 nitrogen and oxygen atoms in total. The summed E-state index contributed by atoms with van der Waals surface area (Å²) in [6, 6.07) is 10.3. The molecule has 2 radical (unpaired) electrons. The standard InChI is InChI=1S/C22H31BO/c1-19(10-8-12-21(3)17-23)9-7-11-20(2)15-16-24-18-22-13-5-4-6-14-22/h4-6,9,12-15H,7-8,10-11,16-18H2,1-3H3/b19-9+,20-15+,21-12+. The molecule has 0 saturated carbocycles. The maximum atomic E-state index is 5.70. The Morgan fingerprint density at radius 2 is 1.46 bits per heavy atom. The fraction of sp³-hybridized carbons (Fsp3) is 0.455. The lowest BCUT2D eigenvalue weighted by molar-refractivity contribution is 0.148. The molecule has 0 amide bonds. The lowest BCUT2D eigenvalue weighted by atomic mass is 9.96. The van der Waals surface area contributed by atoms with Gasteiger partial charge in [-0.2, -0.15) is 0 Å². The van der Waals surface area contributed by atoms with Crippen molar-refractivity contribution in [1.82, 2.24) is 0 Å². The van der Waals surface area contributed by atoms with Crippen molar-refractivity contribution in [2.75, 3.05) is 6.61 Å². The fourth-order valence-electron chi connectivity index (χ4n) is 2.33. The van der Waals surface area contributed by atoms with E-state index >= 15 is 0 Å². The van der Waals surface area contributed by atoms with Gasteiger partial charge in [-0.1, -0.05) is 71.6 Å². The van der Waals surface area contributed by atoms with Gasteiger partial charge >= 0.3 is 0 Å². The average Bonchev–Trinajstić information content (AvgIpc) is 2.59. The quantitative estimate of drug-likeness (QED) is 0.268. The summed E-state index contributed by atoms with van der Waals surface area (Å²) in [6.45, 7) is 7.86. The van der Waals surface area contributed by atoms with E-state index in [1.807, 2.05) is 18.2 Å². The normalized spacial score (nSPS) is 13.4. The second kappa shape index (κ2) is 12.8. The highest BCUT2D eigenvalue weighted by Gasteiger charge is 1.94. The Labute approximate surface area is 149 Å². The molecule has 0 aliphatic carbocycles. The van der Waals surface area contributed by atoms with Crippen molar-refractivity contribution in [2.24, 2.45) is 0 Å². The van der Waals surface area contributed by atoms with Crippen LogP contribution >= 0.6 is 0 Å². The number of hydrogen-bond acceptors (Lipinski definition) is 1. The first-order valence-corrected chi connectivity index (χ1v) is 8.90. The zero-order valence-corrected chi connectivity index (χ0v) is 15.6. The predicted octanol–water partition coefficient (Wildman–Crippen LogP) is 6.19. The van der Waals surface area contributed by atoms with Crippen LogP contribution in [0.3, 0.4) is 0 Å². The van der Waals surface area contributed by atoms with Crippen LogP contribution in [-0.2, 0) is 11.3 Å². The Morgan fingerprint density at radius 3 is 2.08 bits per heavy atom. The number of hydrogen-bond donors (Lipinski definition) is 0. The van der Waals surface area contributed by atoms with Gasteiger partial charge in [0.1, 0.15) is 0 Å². The van der Waals surface area contributed by atoms with Gasteiger partial charge in [-0.05, 0) is 52.0 Å². The monoisotopic (exact) mass is 322 g/mol. The predicted molar refractivity (Wildman–Crippen MR) is 106 cm³/mol. The van der Waals surface area contributed by atoms with E-state index in [1.165, 1.54) is 22.3 Å². The lowest BCUT2D eigenvalue weighted by Gasteiger charge is -2.04. The van der Waals surface area contributed by atoms with Crippen molar-refractivity contribution in [2.45, 2.75) is 59.4 Å². The van der Waals surface area contributed by atoms with Crippen molar-refractivity contribution in [3.05, 3.63) is 70.8 Å². The molecule has 0 unspecified atom stereocenters. The van der Waals surface area contributed by atoms with Crippen LogP contribution in [0.1, 0.15) is 52.0 Å². The van der Waals surface area contributed by atoms with Gasteiger partial charge in [0.15, 0.2) is 0 Å². The number of ether oxygens (including phenoxy) is 1. The summed E-state index contributed by atoms with van der Waals surface area (Å²) in [5.74, 6) is 0. The van der Waals surface area contributed by atoms with E-state index in [1.54, 1.807) is 0 Å². The van der Waals surface area contributed by atoms with Gasteiger partial charge in [0.25, 0.3) is 0 Å². The molecular weight excluding hydrogens is 291 g/mol.